The summed E-state index contributed by atoms with van der Waals surface area (Å²) in [6.45, 7) is 11.4. The Morgan fingerprint density at radius 3 is 2.35 bits per heavy atom. The van der Waals surface area contributed by atoms with E-state index in [0.29, 0.717) is 12.5 Å². The van der Waals surface area contributed by atoms with Gasteiger partial charge in [-0.1, -0.05) is 13.8 Å². The monoisotopic (exact) mass is 240 g/mol. The van der Waals surface area contributed by atoms with E-state index >= 15 is 0 Å². The Hall–Kier alpha value is -0.570. The van der Waals surface area contributed by atoms with E-state index in [1.165, 1.54) is 12.8 Å². The average molecular weight is 240 g/mol. The summed E-state index contributed by atoms with van der Waals surface area (Å²) in [4.78, 5) is 11.6. The fourth-order valence-electron chi connectivity index (χ4n) is 2.24. The van der Waals surface area contributed by atoms with Crippen LogP contribution in [0.1, 0.15) is 53.9 Å². The molecule has 0 atom stereocenters. The van der Waals surface area contributed by atoms with Crippen molar-refractivity contribution in [3.05, 3.63) is 0 Å². The summed E-state index contributed by atoms with van der Waals surface area (Å²) in [5.74, 6) is 1.83. The van der Waals surface area contributed by atoms with Gasteiger partial charge in [-0.15, -0.1) is 0 Å². The Bertz CT molecular complexity index is 249. The highest BCUT2D eigenvalue weighted by molar-refractivity contribution is 5.76. The number of hydrogen-bond acceptors (Lipinski definition) is 2. The highest BCUT2D eigenvalue weighted by atomic mass is 16.1. The normalized spacial score (nSPS) is 24.6. The molecule has 0 aromatic carbocycles. The van der Waals surface area contributed by atoms with Crippen molar-refractivity contribution in [1.82, 2.24) is 10.6 Å². The number of carbonyl (C=O) groups excluding carboxylic acids is 1. The van der Waals surface area contributed by atoms with E-state index in [1.54, 1.807) is 0 Å². The van der Waals surface area contributed by atoms with Crippen molar-refractivity contribution in [3.63, 3.8) is 0 Å². The molecule has 3 nitrogen and oxygen atoms in total. The Morgan fingerprint density at radius 2 is 1.88 bits per heavy atom. The van der Waals surface area contributed by atoms with Crippen molar-refractivity contribution in [2.45, 2.75) is 65.5 Å². The van der Waals surface area contributed by atoms with Crippen LogP contribution in [0.2, 0.25) is 0 Å². The van der Waals surface area contributed by atoms with Crippen LogP contribution in [0, 0.1) is 11.8 Å². The third-order valence-electron chi connectivity index (χ3n) is 3.42. The minimum atomic E-state index is -0.115. The standard InChI is InChI=1S/C14H28N2O/c1-10(2)11-8-12(9-11)15-7-6-13(17)16-14(3,4)5/h10-12,15H,6-9H2,1-5H3,(H,16,17). The molecule has 0 saturated heterocycles. The fraction of sp³-hybridized carbons (Fsp3) is 0.929. The average Bonchev–Trinajstić information content (AvgIpc) is 2.04. The molecule has 2 N–H and O–H groups in total. The van der Waals surface area contributed by atoms with Crippen molar-refractivity contribution >= 4 is 5.91 Å². The van der Waals surface area contributed by atoms with Crippen LogP contribution < -0.4 is 10.6 Å². The summed E-state index contributed by atoms with van der Waals surface area (Å²) in [6, 6.07) is 0.643. The largest absolute Gasteiger partial charge is 0.351 e. The number of rotatable bonds is 5. The lowest BCUT2D eigenvalue weighted by atomic mass is 9.74. The molecule has 0 radical (unpaired) electrons. The van der Waals surface area contributed by atoms with Crippen LogP contribution in [-0.2, 0) is 4.79 Å². The van der Waals surface area contributed by atoms with Gasteiger partial charge in [-0.25, -0.2) is 0 Å². The molecule has 0 spiro atoms. The summed E-state index contributed by atoms with van der Waals surface area (Å²) < 4.78 is 0. The molecule has 17 heavy (non-hydrogen) atoms. The molecule has 1 rings (SSSR count). The van der Waals surface area contributed by atoms with Crippen molar-refractivity contribution in [3.8, 4) is 0 Å². The molecule has 1 fully saturated rings. The summed E-state index contributed by atoms with van der Waals surface area (Å²) in [5.41, 5.74) is -0.115. The van der Waals surface area contributed by atoms with E-state index in [9.17, 15) is 4.79 Å². The van der Waals surface area contributed by atoms with Gasteiger partial charge in [0.1, 0.15) is 0 Å². The maximum Gasteiger partial charge on any atom is 0.221 e. The van der Waals surface area contributed by atoms with Crippen molar-refractivity contribution in [2.24, 2.45) is 11.8 Å². The minimum absolute atomic E-state index is 0.115. The number of nitrogens with one attached hydrogen (secondary N) is 2. The summed E-state index contributed by atoms with van der Waals surface area (Å²) >= 11 is 0. The smallest absolute Gasteiger partial charge is 0.221 e. The summed E-state index contributed by atoms with van der Waals surface area (Å²) in [6.07, 6.45) is 3.14. The topological polar surface area (TPSA) is 41.1 Å². The Morgan fingerprint density at radius 1 is 1.29 bits per heavy atom. The second-order valence-electron chi connectivity index (χ2n) is 6.67. The first-order valence-electron chi connectivity index (χ1n) is 6.82. The predicted octanol–water partition coefficient (Wildman–Crippen LogP) is 2.32. The Labute approximate surface area is 106 Å². The second kappa shape index (κ2) is 5.85. The second-order valence-corrected chi connectivity index (χ2v) is 6.67. The zero-order valence-electron chi connectivity index (χ0n) is 12.0. The van der Waals surface area contributed by atoms with E-state index in [1.807, 2.05) is 20.8 Å². The lowest BCUT2D eigenvalue weighted by Crippen LogP contribution is -2.45. The molecular weight excluding hydrogens is 212 g/mol. The van der Waals surface area contributed by atoms with E-state index in [4.69, 9.17) is 0 Å². The predicted molar refractivity (Wildman–Crippen MR) is 71.9 cm³/mol. The van der Waals surface area contributed by atoms with Gasteiger partial charge in [0.2, 0.25) is 5.91 Å². The van der Waals surface area contributed by atoms with Crippen LogP contribution in [0.4, 0.5) is 0 Å². The number of carbonyl (C=O) groups is 1. The van der Waals surface area contributed by atoms with E-state index in [2.05, 4.69) is 24.5 Å². The van der Waals surface area contributed by atoms with Crippen LogP contribution in [0.5, 0.6) is 0 Å². The van der Waals surface area contributed by atoms with Gasteiger partial charge in [0.25, 0.3) is 0 Å². The molecular formula is C14H28N2O. The lowest BCUT2D eigenvalue weighted by Gasteiger charge is -2.38. The van der Waals surface area contributed by atoms with Gasteiger partial charge in [-0.05, 0) is 45.4 Å². The van der Waals surface area contributed by atoms with Crippen LogP contribution in [0.15, 0.2) is 0 Å². The molecule has 1 saturated carbocycles. The Kier molecular flexibility index (Phi) is 4.99. The molecule has 1 amide bonds. The third-order valence-corrected chi connectivity index (χ3v) is 3.42. The maximum absolute atomic E-state index is 11.6. The van der Waals surface area contributed by atoms with Crippen LogP contribution >= 0.6 is 0 Å². The van der Waals surface area contributed by atoms with Gasteiger partial charge in [0.05, 0.1) is 0 Å². The van der Waals surface area contributed by atoms with E-state index in [-0.39, 0.29) is 11.4 Å². The Balaban J connectivity index is 2.04. The molecule has 0 unspecified atom stereocenters. The van der Waals surface area contributed by atoms with Crippen molar-refractivity contribution < 1.29 is 4.79 Å². The third kappa shape index (κ3) is 5.53. The molecule has 100 valence electrons. The van der Waals surface area contributed by atoms with Crippen LogP contribution in [-0.4, -0.2) is 24.0 Å². The highest BCUT2D eigenvalue weighted by Crippen LogP contribution is 2.33. The van der Waals surface area contributed by atoms with Gasteiger partial charge in [0.15, 0.2) is 0 Å². The zero-order chi connectivity index (χ0) is 13.1. The molecule has 0 aromatic rings. The molecule has 0 aliphatic heterocycles. The van der Waals surface area contributed by atoms with Gasteiger partial charge in [0, 0.05) is 24.5 Å². The molecule has 3 heteroatoms. The molecule has 1 aliphatic carbocycles. The summed E-state index contributed by atoms with van der Waals surface area (Å²) in [5, 5.41) is 6.44. The van der Waals surface area contributed by atoms with Gasteiger partial charge in [-0.3, -0.25) is 4.79 Å². The lowest BCUT2D eigenvalue weighted by molar-refractivity contribution is -0.122. The van der Waals surface area contributed by atoms with Gasteiger partial charge < -0.3 is 10.6 Å². The summed E-state index contributed by atoms with van der Waals surface area (Å²) in [7, 11) is 0. The van der Waals surface area contributed by atoms with Crippen LogP contribution in [0.25, 0.3) is 0 Å². The molecule has 0 heterocycles. The van der Waals surface area contributed by atoms with Gasteiger partial charge in [-0.2, -0.15) is 0 Å². The first-order chi connectivity index (χ1) is 7.78. The SMILES string of the molecule is CC(C)C1CC(NCCC(=O)NC(C)(C)C)C1. The molecule has 1 aliphatic rings. The molecule has 0 aromatic heterocycles. The zero-order valence-corrected chi connectivity index (χ0v) is 12.0. The molecule has 0 bridgehead atoms. The van der Waals surface area contributed by atoms with E-state index in [0.717, 1.165) is 18.4 Å². The maximum atomic E-state index is 11.6. The van der Waals surface area contributed by atoms with Crippen molar-refractivity contribution in [1.29, 1.82) is 0 Å². The van der Waals surface area contributed by atoms with Crippen LogP contribution in [0.3, 0.4) is 0 Å². The first kappa shape index (κ1) is 14.5. The van der Waals surface area contributed by atoms with Gasteiger partial charge >= 0.3 is 0 Å². The van der Waals surface area contributed by atoms with Crippen molar-refractivity contribution in [2.75, 3.05) is 6.54 Å². The number of amides is 1. The highest BCUT2D eigenvalue weighted by Gasteiger charge is 2.30. The number of hydrogen-bond donors (Lipinski definition) is 2. The quantitative estimate of drug-likeness (QED) is 0.774. The fourth-order valence-corrected chi connectivity index (χ4v) is 2.24. The van der Waals surface area contributed by atoms with E-state index < -0.39 is 0 Å². The minimum Gasteiger partial charge on any atom is -0.351 e. The first-order valence-corrected chi connectivity index (χ1v) is 6.82.